The van der Waals surface area contributed by atoms with Gasteiger partial charge in [-0.15, -0.1) is 0 Å². The molecule has 23 heavy (non-hydrogen) atoms. The molecule has 0 saturated carbocycles. The van der Waals surface area contributed by atoms with E-state index in [0.717, 1.165) is 25.7 Å². The summed E-state index contributed by atoms with van der Waals surface area (Å²) in [6, 6.07) is 9.08. The van der Waals surface area contributed by atoms with E-state index in [4.69, 9.17) is 4.74 Å². The average molecular weight is 318 g/mol. The minimum Gasteiger partial charge on any atom is -0.410 e. The van der Waals surface area contributed by atoms with Crippen LogP contribution in [-0.4, -0.2) is 36.0 Å². The number of carbonyl (C=O) groups is 2. The number of amides is 2. The van der Waals surface area contributed by atoms with Gasteiger partial charge in [-0.25, -0.2) is 4.79 Å². The quantitative estimate of drug-likeness (QED) is 0.907. The lowest BCUT2D eigenvalue weighted by Crippen LogP contribution is -2.48. The summed E-state index contributed by atoms with van der Waals surface area (Å²) >= 11 is 0. The van der Waals surface area contributed by atoms with Gasteiger partial charge >= 0.3 is 6.09 Å². The minimum absolute atomic E-state index is 0.0666. The van der Waals surface area contributed by atoms with Crippen molar-refractivity contribution in [2.45, 2.75) is 45.6 Å². The lowest BCUT2D eigenvalue weighted by Gasteiger charge is -2.34. The van der Waals surface area contributed by atoms with Gasteiger partial charge in [0.05, 0.1) is 0 Å². The Hall–Kier alpha value is -2.04. The molecule has 0 radical (unpaired) electrons. The van der Waals surface area contributed by atoms with Crippen molar-refractivity contribution in [2.75, 3.05) is 13.1 Å². The summed E-state index contributed by atoms with van der Waals surface area (Å²) in [5, 5.41) is 2.88. The number of nitrogens with one attached hydrogen (secondary N) is 1. The third kappa shape index (κ3) is 4.98. The summed E-state index contributed by atoms with van der Waals surface area (Å²) in [5.41, 5.74) is 0. The van der Waals surface area contributed by atoms with E-state index in [2.05, 4.69) is 19.2 Å². The Labute approximate surface area is 138 Å². The van der Waals surface area contributed by atoms with Crippen LogP contribution < -0.4 is 10.1 Å². The first kappa shape index (κ1) is 17.3. The Morgan fingerprint density at radius 2 is 1.78 bits per heavy atom. The Morgan fingerprint density at radius 3 is 2.35 bits per heavy atom. The van der Waals surface area contributed by atoms with Crippen LogP contribution in [0.2, 0.25) is 0 Å². The number of piperidine rings is 1. The number of rotatable bonds is 5. The SMILES string of the molecule is CCC(CC)C(=O)N1CCC(NC(=O)Oc2ccccc2)CC1. The molecule has 1 aromatic carbocycles. The lowest BCUT2D eigenvalue weighted by molar-refractivity contribution is -0.136. The van der Waals surface area contributed by atoms with E-state index in [-0.39, 0.29) is 17.9 Å². The molecule has 1 fully saturated rings. The molecule has 5 nitrogen and oxygen atoms in total. The van der Waals surface area contributed by atoms with Gasteiger partial charge < -0.3 is 15.0 Å². The van der Waals surface area contributed by atoms with E-state index in [1.807, 2.05) is 23.1 Å². The normalized spacial score (nSPS) is 15.5. The van der Waals surface area contributed by atoms with Crippen LogP contribution in [0, 0.1) is 5.92 Å². The van der Waals surface area contributed by atoms with Crippen molar-refractivity contribution in [1.82, 2.24) is 10.2 Å². The van der Waals surface area contributed by atoms with Gasteiger partial charge in [-0.2, -0.15) is 0 Å². The van der Waals surface area contributed by atoms with Gasteiger partial charge in [0.2, 0.25) is 5.91 Å². The van der Waals surface area contributed by atoms with Gasteiger partial charge in [0.1, 0.15) is 5.75 Å². The van der Waals surface area contributed by atoms with E-state index in [9.17, 15) is 9.59 Å². The maximum absolute atomic E-state index is 12.3. The van der Waals surface area contributed by atoms with Crippen molar-refractivity contribution >= 4 is 12.0 Å². The molecule has 1 aliphatic heterocycles. The molecule has 0 bridgehead atoms. The van der Waals surface area contributed by atoms with Crippen molar-refractivity contribution in [1.29, 1.82) is 0 Å². The highest BCUT2D eigenvalue weighted by Gasteiger charge is 2.27. The molecule has 0 unspecified atom stereocenters. The molecular formula is C18H26N2O3. The predicted molar refractivity (Wildman–Crippen MR) is 89.3 cm³/mol. The molecule has 5 heteroatoms. The number of likely N-dealkylation sites (tertiary alicyclic amines) is 1. The van der Waals surface area contributed by atoms with E-state index >= 15 is 0 Å². The third-order valence-electron chi connectivity index (χ3n) is 4.42. The number of para-hydroxylation sites is 1. The molecule has 0 aromatic heterocycles. The minimum atomic E-state index is -0.430. The van der Waals surface area contributed by atoms with Crippen LogP contribution in [0.3, 0.4) is 0 Å². The second-order valence-corrected chi connectivity index (χ2v) is 5.96. The first-order valence-electron chi connectivity index (χ1n) is 8.46. The molecule has 0 spiro atoms. The highest BCUT2D eigenvalue weighted by Crippen LogP contribution is 2.17. The second-order valence-electron chi connectivity index (χ2n) is 5.96. The zero-order valence-corrected chi connectivity index (χ0v) is 14.0. The van der Waals surface area contributed by atoms with Gasteiger partial charge in [0.15, 0.2) is 0 Å². The molecule has 1 N–H and O–H groups in total. The van der Waals surface area contributed by atoms with Crippen LogP contribution in [0.15, 0.2) is 30.3 Å². The van der Waals surface area contributed by atoms with Crippen LogP contribution in [-0.2, 0) is 4.79 Å². The maximum atomic E-state index is 12.3. The van der Waals surface area contributed by atoms with Crippen LogP contribution in [0.5, 0.6) is 5.75 Å². The van der Waals surface area contributed by atoms with Gasteiger partial charge in [0.25, 0.3) is 0 Å². The number of hydrogen-bond acceptors (Lipinski definition) is 3. The second kappa shape index (κ2) is 8.56. The van der Waals surface area contributed by atoms with Gasteiger partial charge in [-0.3, -0.25) is 4.79 Å². The fourth-order valence-corrected chi connectivity index (χ4v) is 2.93. The van der Waals surface area contributed by atoms with E-state index in [1.165, 1.54) is 0 Å². The summed E-state index contributed by atoms with van der Waals surface area (Å²) in [4.78, 5) is 26.2. The first-order chi connectivity index (χ1) is 11.1. The zero-order valence-electron chi connectivity index (χ0n) is 14.0. The molecule has 0 aliphatic carbocycles. The van der Waals surface area contributed by atoms with Crippen LogP contribution in [0.1, 0.15) is 39.5 Å². The molecule has 0 atom stereocenters. The van der Waals surface area contributed by atoms with Gasteiger partial charge in [-0.05, 0) is 37.8 Å². The van der Waals surface area contributed by atoms with Crippen molar-refractivity contribution in [2.24, 2.45) is 5.92 Å². The van der Waals surface area contributed by atoms with Crippen molar-refractivity contribution in [3.8, 4) is 5.75 Å². The topological polar surface area (TPSA) is 58.6 Å². The van der Waals surface area contributed by atoms with Gasteiger partial charge in [-0.1, -0.05) is 32.0 Å². The van der Waals surface area contributed by atoms with E-state index < -0.39 is 6.09 Å². The Bertz CT molecular complexity index is 506. The molecule has 2 amide bonds. The number of ether oxygens (including phenoxy) is 1. The van der Waals surface area contributed by atoms with Crippen molar-refractivity contribution < 1.29 is 14.3 Å². The van der Waals surface area contributed by atoms with Crippen LogP contribution >= 0.6 is 0 Å². The zero-order chi connectivity index (χ0) is 16.7. The highest BCUT2D eigenvalue weighted by atomic mass is 16.6. The predicted octanol–water partition coefficient (Wildman–Crippen LogP) is 3.20. The molecular weight excluding hydrogens is 292 g/mol. The summed E-state index contributed by atoms with van der Waals surface area (Å²) in [6.45, 7) is 5.51. The van der Waals surface area contributed by atoms with Crippen molar-refractivity contribution in [3.63, 3.8) is 0 Å². The monoisotopic (exact) mass is 318 g/mol. The molecule has 1 aromatic rings. The number of benzene rings is 1. The largest absolute Gasteiger partial charge is 0.412 e. The number of carbonyl (C=O) groups excluding carboxylic acids is 2. The number of hydrogen-bond donors (Lipinski definition) is 1. The standard InChI is InChI=1S/C18H26N2O3/c1-3-14(4-2)17(21)20-12-10-15(11-13-20)19-18(22)23-16-8-6-5-7-9-16/h5-9,14-15H,3-4,10-13H2,1-2H3,(H,19,22). The first-order valence-corrected chi connectivity index (χ1v) is 8.46. The summed E-state index contributed by atoms with van der Waals surface area (Å²) in [5.74, 6) is 0.911. The fourth-order valence-electron chi connectivity index (χ4n) is 2.93. The van der Waals surface area contributed by atoms with Crippen molar-refractivity contribution in [3.05, 3.63) is 30.3 Å². The van der Waals surface area contributed by atoms with Gasteiger partial charge in [0, 0.05) is 25.0 Å². The Balaban J connectivity index is 1.76. The number of nitrogens with zero attached hydrogens (tertiary/aromatic N) is 1. The maximum Gasteiger partial charge on any atom is 0.412 e. The Morgan fingerprint density at radius 1 is 1.17 bits per heavy atom. The summed E-state index contributed by atoms with van der Waals surface area (Å²) < 4.78 is 5.23. The van der Waals surface area contributed by atoms with E-state index in [1.54, 1.807) is 12.1 Å². The lowest BCUT2D eigenvalue weighted by atomic mass is 9.98. The molecule has 2 rings (SSSR count). The molecule has 1 saturated heterocycles. The van der Waals surface area contributed by atoms with Crippen LogP contribution in [0.25, 0.3) is 0 Å². The van der Waals surface area contributed by atoms with E-state index in [0.29, 0.717) is 18.8 Å². The Kier molecular flexibility index (Phi) is 6.44. The molecule has 1 heterocycles. The molecule has 1 aliphatic rings. The van der Waals surface area contributed by atoms with Crippen LogP contribution in [0.4, 0.5) is 4.79 Å². The average Bonchev–Trinajstić information content (AvgIpc) is 2.57. The fraction of sp³-hybridized carbons (Fsp3) is 0.556. The highest BCUT2D eigenvalue weighted by molar-refractivity contribution is 5.79. The smallest absolute Gasteiger partial charge is 0.410 e. The summed E-state index contributed by atoms with van der Waals surface area (Å²) in [6.07, 6.45) is 2.89. The third-order valence-corrected chi connectivity index (χ3v) is 4.42. The summed E-state index contributed by atoms with van der Waals surface area (Å²) in [7, 11) is 0. The molecule has 126 valence electrons.